The normalized spacial score (nSPS) is 17.3. The van der Waals surface area contributed by atoms with Crippen LogP contribution in [0, 0.1) is 0 Å². The molecule has 152 valence electrons. The lowest BCUT2D eigenvalue weighted by molar-refractivity contribution is -0.637. The molecule has 0 saturated carbocycles. The molecule has 1 aliphatic rings. The van der Waals surface area contributed by atoms with Gasteiger partial charge < -0.3 is 26.8 Å². The maximum Gasteiger partial charge on any atom is 0.326 e. The van der Waals surface area contributed by atoms with E-state index >= 15 is 0 Å². The summed E-state index contributed by atoms with van der Waals surface area (Å²) in [5.41, 5.74) is 2.72. The number of halogens is 1. The summed E-state index contributed by atoms with van der Waals surface area (Å²) in [6.07, 6.45) is 2.09. The Hall–Kier alpha value is -2.54. The first-order valence-electron chi connectivity index (χ1n) is 9.50. The first-order chi connectivity index (χ1) is 14.2. The largest absolute Gasteiger partial charge is 1.00 e. The van der Waals surface area contributed by atoms with Crippen LogP contribution >= 0.6 is 11.8 Å². The summed E-state index contributed by atoms with van der Waals surface area (Å²) in [6.45, 7) is 0. The van der Waals surface area contributed by atoms with E-state index in [4.69, 9.17) is 4.74 Å². The molecular formula is C24H21BrN2O2S. The maximum absolute atomic E-state index is 11.8. The zero-order valence-corrected chi connectivity index (χ0v) is 18.8. The summed E-state index contributed by atoms with van der Waals surface area (Å²) < 4.78 is 9.78. The minimum atomic E-state index is -1.13. The molecule has 0 spiro atoms. The first kappa shape index (κ1) is 20.7. The van der Waals surface area contributed by atoms with Gasteiger partial charge in [-0.1, -0.05) is 72.8 Å². The Morgan fingerprint density at radius 3 is 2.27 bits per heavy atom. The average molecular weight is 481 g/mol. The Labute approximate surface area is 190 Å². The van der Waals surface area contributed by atoms with Crippen molar-refractivity contribution in [3.8, 4) is 22.7 Å². The lowest BCUT2D eigenvalue weighted by Gasteiger charge is -2.21. The highest BCUT2D eigenvalue weighted by atomic mass is 79.9. The second kappa shape index (κ2) is 8.30. The van der Waals surface area contributed by atoms with Crippen molar-refractivity contribution in [1.29, 1.82) is 0 Å². The van der Waals surface area contributed by atoms with Gasteiger partial charge >= 0.3 is 5.16 Å². The highest BCUT2D eigenvalue weighted by Gasteiger charge is 2.50. The fourth-order valence-corrected chi connectivity index (χ4v) is 5.19. The van der Waals surface area contributed by atoms with Crippen LogP contribution in [0.4, 0.5) is 0 Å². The Morgan fingerprint density at radius 1 is 0.933 bits per heavy atom. The van der Waals surface area contributed by atoms with Gasteiger partial charge in [-0.2, -0.15) is 9.13 Å². The third-order valence-electron chi connectivity index (χ3n) is 5.31. The molecule has 5 rings (SSSR count). The molecule has 1 atom stereocenters. The number of hydrogen-bond acceptors (Lipinski definition) is 3. The van der Waals surface area contributed by atoms with Gasteiger partial charge in [0.15, 0.2) is 17.1 Å². The van der Waals surface area contributed by atoms with Crippen molar-refractivity contribution in [2.24, 2.45) is 0 Å². The van der Waals surface area contributed by atoms with Gasteiger partial charge in [0.25, 0.3) is 0 Å². The maximum atomic E-state index is 11.8. The Morgan fingerprint density at radius 2 is 1.57 bits per heavy atom. The molecule has 1 unspecified atom stereocenters. The van der Waals surface area contributed by atoms with Crippen LogP contribution in [0.1, 0.15) is 5.56 Å². The van der Waals surface area contributed by atoms with Crippen LogP contribution in [-0.2, 0) is 5.72 Å². The van der Waals surface area contributed by atoms with Gasteiger partial charge in [0.2, 0.25) is 5.72 Å². The van der Waals surface area contributed by atoms with E-state index in [-0.39, 0.29) is 17.0 Å². The molecule has 4 aromatic rings. The predicted octanol–water partition coefficient (Wildman–Crippen LogP) is 1.24. The summed E-state index contributed by atoms with van der Waals surface area (Å²) in [5.74, 6) is 1.34. The van der Waals surface area contributed by atoms with E-state index in [9.17, 15) is 5.11 Å². The van der Waals surface area contributed by atoms with Crippen molar-refractivity contribution < 1.29 is 31.4 Å². The van der Waals surface area contributed by atoms with Crippen LogP contribution in [0.15, 0.2) is 96.3 Å². The smallest absolute Gasteiger partial charge is 0.326 e. The number of hydrogen-bond donors (Lipinski definition) is 1. The molecule has 0 saturated heterocycles. The Bertz CT molecular complexity index is 1160. The average Bonchev–Trinajstić information content (AvgIpc) is 3.34. The molecule has 0 radical (unpaired) electrons. The van der Waals surface area contributed by atoms with Crippen LogP contribution < -0.4 is 26.3 Å². The van der Waals surface area contributed by atoms with Crippen LogP contribution in [0.25, 0.3) is 16.9 Å². The molecule has 0 bridgehead atoms. The van der Waals surface area contributed by atoms with Gasteiger partial charge in [0.1, 0.15) is 6.20 Å². The zero-order valence-electron chi connectivity index (χ0n) is 16.4. The van der Waals surface area contributed by atoms with Gasteiger partial charge in [-0.15, -0.1) is 0 Å². The molecule has 1 N–H and O–H groups in total. The van der Waals surface area contributed by atoms with Gasteiger partial charge in [-0.25, -0.2) is 0 Å². The number of aliphatic hydroxyl groups is 1. The third-order valence-corrected chi connectivity index (χ3v) is 6.50. The summed E-state index contributed by atoms with van der Waals surface area (Å²) in [7, 11) is 1.68. The molecule has 3 aromatic carbocycles. The van der Waals surface area contributed by atoms with Gasteiger partial charge in [-0.05, 0) is 23.9 Å². The zero-order chi connectivity index (χ0) is 19.8. The first-order valence-corrected chi connectivity index (χ1v) is 10.5. The number of thioether (sulfide) groups is 1. The summed E-state index contributed by atoms with van der Waals surface area (Å²) in [5, 5.41) is 12.8. The number of benzene rings is 3. The summed E-state index contributed by atoms with van der Waals surface area (Å²) in [6, 6.07) is 28.0. The highest BCUT2D eigenvalue weighted by molar-refractivity contribution is 7.99. The minimum Gasteiger partial charge on any atom is -1.00 e. The van der Waals surface area contributed by atoms with E-state index in [1.807, 2.05) is 72.8 Å². The SMILES string of the molecule is COc1ccccc1-[n+]1cc(-c2ccccc2)n2c1SCC2(O)c1ccccc1.[Br-]. The third kappa shape index (κ3) is 3.25. The monoisotopic (exact) mass is 480 g/mol. The summed E-state index contributed by atoms with van der Waals surface area (Å²) in [4.78, 5) is 0. The van der Waals surface area contributed by atoms with Gasteiger partial charge in [0.05, 0.1) is 12.9 Å². The van der Waals surface area contributed by atoms with E-state index in [0.717, 1.165) is 33.4 Å². The fourth-order valence-electron chi connectivity index (χ4n) is 3.90. The Kier molecular flexibility index (Phi) is 5.73. The number of nitrogens with zero attached hydrogens (tertiary/aromatic N) is 2. The molecule has 30 heavy (non-hydrogen) atoms. The van der Waals surface area contributed by atoms with Crippen molar-refractivity contribution in [3.63, 3.8) is 0 Å². The number of aromatic nitrogens is 2. The number of methoxy groups -OCH3 is 1. The van der Waals surface area contributed by atoms with Gasteiger partial charge in [-0.3, -0.25) is 0 Å². The van der Waals surface area contributed by atoms with Crippen molar-refractivity contribution in [1.82, 2.24) is 4.57 Å². The standard InChI is InChI=1S/C24H21N2O2S.BrH/c1-28-22-15-9-8-14-20(22)25-16-21(18-10-4-2-5-11-18)26-23(25)29-17-24(26,27)19-12-6-3-7-13-19;/h2-16,27H,17H2,1H3;1H/q+1;/p-1. The molecule has 1 aliphatic heterocycles. The van der Waals surface area contributed by atoms with Crippen molar-refractivity contribution in [2.45, 2.75) is 10.9 Å². The topological polar surface area (TPSA) is 38.3 Å². The van der Waals surface area contributed by atoms with Crippen LogP contribution in [0.2, 0.25) is 0 Å². The molecule has 2 heterocycles. The van der Waals surface area contributed by atoms with E-state index < -0.39 is 5.72 Å². The molecule has 1 aromatic heterocycles. The number of fused-ring (bicyclic) bond motifs is 1. The molecule has 4 nitrogen and oxygen atoms in total. The van der Waals surface area contributed by atoms with Crippen molar-refractivity contribution >= 4 is 11.8 Å². The van der Waals surface area contributed by atoms with Crippen LogP contribution in [0.3, 0.4) is 0 Å². The highest BCUT2D eigenvalue weighted by Crippen LogP contribution is 2.43. The van der Waals surface area contributed by atoms with E-state index in [1.54, 1.807) is 18.9 Å². The quantitative estimate of drug-likeness (QED) is 0.446. The van der Waals surface area contributed by atoms with Crippen molar-refractivity contribution in [3.05, 3.63) is 96.7 Å². The lowest BCUT2D eigenvalue weighted by atomic mass is 10.0. The number of ether oxygens (including phenoxy) is 1. The van der Waals surface area contributed by atoms with E-state index in [1.165, 1.54) is 0 Å². The van der Waals surface area contributed by atoms with E-state index in [0.29, 0.717) is 5.75 Å². The predicted molar refractivity (Wildman–Crippen MR) is 114 cm³/mol. The molecule has 0 amide bonds. The molecular weight excluding hydrogens is 460 g/mol. The second-order valence-corrected chi connectivity index (χ2v) is 7.95. The number of imidazole rings is 1. The molecule has 0 aliphatic carbocycles. The lowest BCUT2D eigenvalue weighted by Crippen LogP contribution is -3.00. The Balaban J connectivity index is 0.00000218. The minimum absolute atomic E-state index is 0. The van der Waals surface area contributed by atoms with Crippen molar-refractivity contribution in [2.75, 3.05) is 12.9 Å². The molecule has 6 heteroatoms. The van der Waals surface area contributed by atoms with Crippen LogP contribution in [0.5, 0.6) is 5.75 Å². The number of para-hydroxylation sites is 2. The van der Waals surface area contributed by atoms with Gasteiger partial charge in [0, 0.05) is 11.1 Å². The summed E-state index contributed by atoms with van der Waals surface area (Å²) >= 11 is 1.65. The second-order valence-electron chi connectivity index (χ2n) is 7.01. The molecule has 0 fully saturated rings. The van der Waals surface area contributed by atoms with Crippen LogP contribution in [-0.4, -0.2) is 22.5 Å². The fraction of sp³-hybridized carbons (Fsp3) is 0.125. The number of rotatable bonds is 4. The van der Waals surface area contributed by atoms with E-state index in [2.05, 4.69) is 27.5 Å².